The molecule has 0 N–H and O–H groups in total. The highest BCUT2D eigenvalue weighted by Crippen LogP contribution is 2.04. The standard InChI is InChI=1S/C11H20Br2/c12-10-8-6-4-2-1-3-5-7-9-11-13/h1-2H,3-11H2. The molecule has 78 valence electrons. The van der Waals surface area contributed by atoms with Crippen molar-refractivity contribution in [2.24, 2.45) is 0 Å². The van der Waals surface area contributed by atoms with Crippen LogP contribution < -0.4 is 0 Å². The Morgan fingerprint density at radius 3 is 1.62 bits per heavy atom. The van der Waals surface area contributed by atoms with Crippen molar-refractivity contribution in [2.75, 3.05) is 10.7 Å². The second-order valence-electron chi connectivity index (χ2n) is 3.19. The molecule has 0 aliphatic rings. The van der Waals surface area contributed by atoms with Crippen LogP contribution in [0.25, 0.3) is 0 Å². The molecule has 0 spiro atoms. The lowest BCUT2D eigenvalue weighted by Crippen LogP contribution is -1.77. The Bertz CT molecular complexity index is 111. The Balaban J connectivity index is 2.95. The minimum atomic E-state index is 1.14. The molecule has 0 atom stereocenters. The third kappa shape index (κ3) is 12.7. The van der Waals surface area contributed by atoms with Gasteiger partial charge in [0.1, 0.15) is 0 Å². The molecule has 0 amide bonds. The first-order valence-electron chi connectivity index (χ1n) is 5.18. The normalized spacial score (nSPS) is 11.2. The number of hydrogen-bond donors (Lipinski definition) is 0. The van der Waals surface area contributed by atoms with Gasteiger partial charge in [0.25, 0.3) is 0 Å². The molecule has 0 aromatic carbocycles. The lowest BCUT2D eigenvalue weighted by molar-refractivity contribution is 0.733. The number of hydrogen-bond acceptors (Lipinski definition) is 0. The number of halogens is 2. The van der Waals surface area contributed by atoms with Crippen molar-refractivity contribution < 1.29 is 0 Å². The van der Waals surface area contributed by atoms with Gasteiger partial charge in [0.15, 0.2) is 0 Å². The highest BCUT2D eigenvalue weighted by Gasteiger charge is 1.85. The fourth-order valence-corrected chi connectivity index (χ4v) is 1.92. The van der Waals surface area contributed by atoms with Crippen LogP contribution in [0, 0.1) is 0 Å². The van der Waals surface area contributed by atoms with Crippen LogP contribution in [0.15, 0.2) is 12.2 Å². The summed E-state index contributed by atoms with van der Waals surface area (Å²) in [6, 6.07) is 0. The van der Waals surface area contributed by atoms with Crippen molar-refractivity contribution in [3.63, 3.8) is 0 Å². The zero-order chi connectivity index (χ0) is 9.78. The van der Waals surface area contributed by atoms with Crippen LogP contribution >= 0.6 is 31.9 Å². The van der Waals surface area contributed by atoms with Crippen molar-refractivity contribution in [3.8, 4) is 0 Å². The molecule has 0 saturated carbocycles. The van der Waals surface area contributed by atoms with E-state index < -0.39 is 0 Å². The zero-order valence-electron chi connectivity index (χ0n) is 8.27. The van der Waals surface area contributed by atoms with Crippen molar-refractivity contribution >= 4 is 31.9 Å². The molecule has 0 aromatic rings. The predicted octanol–water partition coefficient (Wildman–Crippen LogP) is 5.06. The maximum absolute atomic E-state index is 3.44. The minimum absolute atomic E-state index is 1.14. The maximum atomic E-state index is 3.44. The Hall–Kier alpha value is 0.700. The van der Waals surface area contributed by atoms with E-state index in [9.17, 15) is 0 Å². The van der Waals surface area contributed by atoms with Crippen LogP contribution in [0.2, 0.25) is 0 Å². The SMILES string of the molecule is BrCCCCC=CCCCCCBr. The molecule has 0 rings (SSSR count). The molecule has 13 heavy (non-hydrogen) atoms. The van der Waals surface area contributed by atoms with Gasteiger partial charge in [0.2, 0.25) is 0 Å². The van der Waals surface area contributed by atoms with E-state index in [0.717, 1.165) is 10.7 Å². The van der Waals surface area contributed by atoms with Gasteiger partial charge in [-0.1, -0.05) is 50.4 Å². The summed E-state index contributed by atoms with van der Waals surface area (Å²) in [7, 11) is 0. The molecule has 0 bridgehead atoms. The molecule has 0 nitrogen and oxygen atoms in total. The Morgan fingerprint density at radius 1 is 0.615 bits per heavy atom. The van der Waals surface area contributed by atoms with E-state index >= 15 is 0 Å². The molecular weight excluding hydrogens is 292 g/mol. The molecule has 2 heteroatoms. The van der Waals surface area contributed by atoms with E-state index in [4.69, 9.17) is 0 Å². The maximum Gasteiger partial charge on any atom is 0.00314 e. The highest BCUT2D eigenvalue weighted by atomic mass is 79.9. The topological polar surface area (TPSA) is 0 Å². The number of rotatable bonds is 9. The molecule has 0 saturated heterocycles. The average Bonchev–Trinajstić information content (AvgIpc) is 2.16. The fraction of sp³-hybridized carbons (Fsp3) is 0.818. The third-order valence-electron chi connectivity index (χ3n) is 1.93. The van der Waals surface area contributed by atoms with Crippen LogP contribution in [0.1, 0.15) is 44.9 Å². The van der Waals surface area contributed by atoms with Crippen LogP contribution in [0.4, 0.5) is 0 Å². The lowest BCUT2D eigenvalue weighted by atomic mass is 10.2. The van der Waals surface area contributed by atoms with E-state index in [1.165, 1.54) is 44.9 Å². The number of alkyl halides is 2. The van der Waals surface area contributed by atoms with Crippen LogP contribution in [0.3, 0.4) is 0 Å². The van der Waals surface area contributed by atoms with Gasteiger partial charge in [0.05, 0.1) is 0 Å². The van der Waals surface area contributed by atoms with Gasteiger partial charge in [0, 0.05) is 10.7 Å². The van der Waals surface area contributed by atoms with E-state index in [0.29, 0.717) is 0 Å². The van der Waals surface area contributed by atoms with Gasteiger partial charge in [-0.2, -0.15) is 0 Å². The van der Waals surface area contributed by atoms with Gasteiger partial charge in [-0.15, -0.1) is 0 Å². The van der Waals surface area contributed by atoms with Crippen LogP contribution in [0.5, 0.6) is 0 Å². The van der Waals surface area contributed by atoms with Gasteiger partial charge >= 0.3 is 0 Å². The highest BCUT2D eigenvalue weighted by molar-refractivity contribution is 9.09. The summed E-state index contributed by atoms with van der Waals surface area (Å²) in [5.41, 5.74) is 0. The average molecular weight is 312 g/mol. The van der Waals surface area contributed by atoms with Gasteiger partial charge in [-0.25, -0.2) is 0 Å². The summed E-state index contributed by atoms with van der Waals surface area (Å²) in [5.74, 6) is 0. The third-order valence-corrected chi connectivity index (χ3v) is 3.05. The lowest BCUT2D eigenvalue weighted by Gasteiger charge is -1.94. The Kier molecular flexibility index (Phi) is 13.4. The summed E-state index contributed by atoms with van der Waals surface area (Å²) in [4.78, 5) is 0. The predicted molar refractivity (Wildman–Crippen MR) is 69.0 cm³/mol. The number of unbranched alkanes of at least 4 members (excludes halogenated alkanes) is 5. The van der Waals surface area contributed by atoms with E-state index in [-0.39, 0.29) is 0 Å². The minimum Gasteiger partial charge on any atom is -0.0928 e. The molecular formula is C11H20Br2. The first kappa shape index (κ1) is 13.7. The molecule has 0 aliphatic carbocycles. The first-order chi connectivity index (χ1) is 6.41. The fourth-order valence-electron chi connectivity index (χ4n) is 1.13. The van der Waals surface area contributed by atoms with Gasteiger partial charge < -0.3 is 0 Å². The van der Waals surface area contributed by atoms with Crippen molar-refractivity contribution in [2.45, 2.75) is 44.9 Å². The molecule has 0 fully saturated rings. The molecule has 0 radical (unpaired) electrons. The summed E-state index contributed by atoms with van der Waals surface area (Å²) in [5, 5.41) is 2.30. The first-order valence-corrected chi connectivity index (χ1v) is 7.43. The zero-order valence-corrected chi connectivity index (χ0v) is 11.4. The van der Waals surface area contributed by atoms with Gasteiger partial charge in [-0.3, -0.25) is 0 Å². The second-order valence-corrected chi connectivity index (χ2v) is 4.78. The smallest absolute Gasteiger partial charge is 0.00314 e. The van der Waals surface area contributed by atoms with E-state index in [2.05, 4.69) is 44.0 Å². The van der Waals surface area contributed by atoms with E-state index in [1.54, 1.807) is 0 Å². The summed E-state index contributed by atoms with van der Waals surface area (Å²) in [6.07, 6.45) is 13.8. The van der Waals surface area contributed by atoms with E-state index in [1.807, 2.05) is 0 Å². The molecule has 0 aliphatic heterocycles. The molecule has 0 unspecified atom stereocenters. The largest absolute Gasteiger partial charge is 0.0928 e. The van der Waals surface area contributed by atoms with Crippen molar-refractivity contribution in [3.05, 3.63) is 12.2 Å². The van der Waals surface area contributed by atoms with Gasteiger partial charge in [-0.05, 0) is 38.5 Å². The monoisotopic (exact) mass is 310 g/mol. The van der Waals surface area contributed by atoms with Crippen LogP contribution in [-0.2, 0) is 0 Å². The Labute approximate surface area is 99.4 Å². The molecule has 0 aromatic heterocycles. The van der Waals surface area contributed by atoms with Crippen molar-refractivity contribution in [1.29, 1.82) is 0 Å². The van der Waals surface area contributed by atoms with Crippen LogP contribution in [-0.4, -0.2) is 10.7 Å². The number of allylic oxidation sites excluding steroid dienone is 2. The summed E-state index contributed by atoms with van der Waals surface area (Å²) >= 11 is 6.87. The Morgan fingerprint density at radius 2 is 1.08 bits per heavy atom. The molecule has 0 heterocycles. The quantitative estimate of drug-likeness (QED) is 0.317. The second kappa shape index (κ2) is 12.7. The summed E-state index contributed by atoms with van der Waals surface area (Å²) in [6.45, 7) is 0. The van der Waals surface area contributed by atoms with Crippen molar-refractivity contribution in [1.82, 2.24) is 0 Å². The summed E-state index contributed by atoms with van der Waals surface area (Å²) < 4.78 is 0.